The number of hydrogen-bond acceptors (Lipinski definition) is 2. The topological polar surface area (TPSA) is 33.1 Å². The van der Waals surface area contributed by atoms with Crippen molar-refractivity contribution < 1.29 is 26.7 Å². The van der Waals surface area contributed by atoms with Gasteiger partial charge in [-0.15, -0.1) is 6.58 Å². The third kappa shape index (κ3) is 4.84. The van der Waals surface area contributed by atoms with E-state index in [9.17, 15) is 22.0 Å². The van der Waals surface area contributed by atoms with E-state index in [1.807, 2.05) is 0 Å². The number of ether oxygens (including phenoxy) is 1. The zero-order valence-electron chi connectivity index (χ0n) is 11.7. The van der Waals surface area contributed by atoms with Gasteiger partial charge in [0.1, 0.15) is 6.10 Å². The highest BCUT2D eigenvalue weighted by atomic mass is 35.6. The van der Waals surface area contributed by atoms with Crippen molar-refractivity contribution in [1.82, 2.24) is 0 Å². The third-order valence-corrected chi connectivity index (χ3v) is 3.16. The molecule has 0 bridgehead atoms. The van der Waals surface area contributed by atoms with E-state index in [2.05, 4.69) is 6.58 Å². The van der Waals surface area contributed by atoms with Crippen LogP contribution in [0.15, 0.2) is 18.7 Å². The quantitative estimate of drug-likeness (QED) is 0.127. The Hall–Kier alpha value is -1.31. The maximum absolute atomic E-state index is 13.6. The third-order valence-electron chi connectivity index (χ3n) is 2.65. The molecule has 2 nitrogen and oxygen atoms in total. The molecule has 0 fully saturated rings. The lowest BCUT2D eigenvalue weighted by Crippen LogP contribution is -2.26. The predicted molar refractivity (Wildman–Crippen MR) is 83.0 cm³/mol. The van der Waals surface area contributed by atoms with Gasteiger partial charge >= 0.3 is 0 Å². The fraction of sp³-hybridized carbons (Fsp3) is 0.214. The van der Waals surface area contributed by atoms with E-state index in [-0.39, 0.29) is 6.42 Å². The molecule has 0 radical (unpaired) electrons. The Balaban J connectivity index is 3.16. The lowest BCUT2D eigenvalue weighted by molar-refractivity contribution is 0.233. The first kappa shape index (κ1) is 20.7. The maximum Gasteiger partial charge on any atom is 0.265 e. The molecule has 1 aromatic carbocycles. The zero-order chi connectivity index (χ0) is 18.7. The Kier molecular flexibility index (Phi) is 7.07. The van der Waals surface area contributed by atoms with Crippen LogP contribution in [0.5, 0.6) is 0 Å². The standard InChI is InChI=1S/C14H9Cl3F5NO/c1-2-3-6(24-13(23)14(15,16)17)4-5-7-8(18)10(20)12(22)11(21)9(7)19/h2,4-6,23H,1,3H2/b5-4-,23-13?/t6-/m0/s1. The molecule has 0 spiro atoms. The van der Waals surface area contributed by atoms with Gasteiger partial charge in [-0.2, -0.15) is 0 Å². The van der Waals surface area contributed by atoms with Gasteiger partial charge < -0.3 is 4.74 Å². The van der Waals surface area contributed by atoms with Crippen LogP contribution in [0.4, 0.5) is 22.0 Å². The molecule has 1 N–H and O–H groups in total. The largest absolute Gasteiger partial charge is 0.470 e. The molecule has 0 aliphatic rings. The van der Waals surface area contributed by atoms with Crippen LogP contribution in [0.3, 0.4) is 0 Å². The average molecular weight is 409 g/mol. The number of alkyl halides is 3. The van der Waals surface area contributed by atoms with Crippen LogP contribution >= 0.6 is 34.8 Å². The Bertz CT molecular complexity index is 659. The molecule has 0 aliphatic heterocycles. The van der Waals surface area contributed by atoms with E-state index in [4.69, 9.17) is 44.9 Å². The fourth-order valence-corrected chi connectivity index (χ4v) is 1.65. The highest BCUT2D eigenvalue weighted by Gasteiger charge is 2.30. The second-order valence-electron chi connectivity index (χ2n) is 4.35. The second kappa shape index (κ2) is 8.18. The molecule has 0 aliphatic carbocycles. The number of rotatable bonds is 5. The average Bonchev–Trinajstić information content (AvgIpc) is 2.50. The minimum atomic E-state index is -2.26. The molecule has 0 unspecified atom stereocenters. The molecule has 10 heteroatoms. The van der Waals surface area contributed by atoms with E-state index < -0.39 is 50.4 Å². The van der Waals surface area contributed by atoms with Gasteiger partial charge in [-0.3, -0.25) is 5.41 Å². The summed E-state index contributed by atoms with van der Waals surface area (Å²) in [5.74, 6) is -11.2. The van der Waals surface area contributed by atoms with Crippen LogP contribution in [0.2, 0.25) is 0 Å². The molecule has 1 atom stereocenters. The van der Waals surface area contributed by atoms with Gasteiger partial charge in [0.15, 0.2) is 23.3 Å². The summed E-state index contributed by atoms with van der Waals surface area (Å²) in [5, 5.41) is 7.41. The van der Waals surface area contributed by atoms with Crippen LogP contribution in [0.1, 0.15) is 12.0 Å². The van der Waals surface area contributed by atoms with Crippen LogP contribution in [-0.2, 0) is 4.74 Å². The summed E-state index contributed by atoms with van der Waals surface area (Å²) in [6.45, 7) is 3.40. The molecule has 24 heavy (non-hydrogen) atoms. The van der Waals surface area contributed by atoms with Gasteiger partial charge in [0.05, 0.1) is 5.56 Å². The molecule has 0 aromatic heterocycles. The maximum atomic E-state index is 13.6. The molecule has 0 saturated heterocycles. The van der Waals surface area contributed by atoms with Crippen LogP contribution in [-0.4, -0.2) is 15.8 Å². The van der Waals surface area contributed by atoms with E-state index in [0.717, 1.165) is 6.08 Å². The van der Waals surface area contributed by atoms with Crippen molar-refractivity contribution in [2.45, 2.75) is 16.3 Å². The zero-order valence-corrected chi connectivity index (χ0v) is 13.9. The summed E-state index contributed by atoms with van der Waals surface area (Å²) < 4.78 is 69.1. The first-order chi connectivity index (χ1) is 11.0. The predicted octanol–water partition coefficient (Wildman–Crippen LogP) is 5.70. The van der Waals surface area contributed by atoms with Crippen LogP contribution in [0.25, 0.3) is 6.08 Å². The van der Waals surface area contributed by atoms with Crippen LogP contribution < -0.4 is 0 Å². The summed E-state index contributed by atoms with van der Waals surface area (Å²) in [7, 11) is 0. The molecule has 0 amide bonds. The Labute approximate surface area is 149 Å². The van der Waals surface area contributed by atoms with Gasteiger partial charge in [-0.05, 0) is 12.2 Å². The van der Waals surface area contributed by atoms with Gasteiger partial charge in [0.2, 0.25) is 11.7 Å². The first-order valence-electron chi connectivity index (χ1n) is 6.13. The molecular formula is C14H9Cl3F5NO. The van der Waals surface area contributed by atoms with Crippen molar-refractivity contribution in [3.63, 3.8) is 0 Å². The van der Waals surface area contributed by atoms with Crippen LogP contribution in [0, 0.1) is 34.5 Å². The van der Waals surface area contributed by atoms with Gasteiger partial charge in [-0.1, -0.05) is 40.9 Å². The number of hydrogen-bond donors (Lipinski definition) is 1. The van der Waals surface area contributed by atoms with Crippen molar-refractivity contribution >= 4 is 46.8 Å². The monoisotopic (exact) mass is 407 g/mol. The second-order valence-corrected chi connectivity index (χ2v) is 6.63. The Morgan fingerprint density at radius 3 is 1.92 bits per heavy atom. The van der Waals surface area contributed by atoms with Crippen molar-refractivity contribution in [1.29, 1.82) is 5.41 Å². The fourth-order valence-electron chi connectivity index (χ4n) is 1.52. The Morgan fingerprint density at radius 1 is 1.04 bits per heavy atom. The molecule has 0 saturated carbocycles. The summed E-state index contributed by atoms with van der Waals surface area (Å²) in [5.41, 5.74) is -1.16. The SMILES string of the molecule is C=CC[C@@H](/C=C\c1c(F)c(F)c(F)c(F)c1F)OC(=N)C(Cl)(Cl)Cl. The normalized spacial score (nSPS) is 13.2. The minimum Gasteiger partial charge on any atom is -0.470 e. The van der Waals surface area contributed by atoms with Gasteiger partial charge in [0.25, 0.3) is 3.79 Å². The highest BCUT2D eigenvalue weighted by Crippen LogP contribution is 2.29. The minimum absolute atomic E-state index is 0.00895. The summed E-state index contributed by atoms with van der Waals surface area (Å²) in [4.78, 5) is 0. The number of benzene rings is 1. The first-order valence-corrected chi connectivity index (χ1v) is 7.27. The summed E-state index contributed by atoms with van der Waals surface area (Å²) >= 11 is 16.3. The van der Waals surface area contributed by atoms with Crippen molar-refractivity contribution in [3.8, 4) is 0 Å². The van der Waals surface area contributed by atoms with E-state index in [1.165, 1.54) is 6.08 Å². The van der Waals surface area contributed by atoms with Crippen molar-refractivity contribution in [2.24, 2.45) is 0 Å². The molecule has 1 rings (SSSR count). The molecule has 1 aromatic rings. The molecular weight excluding hydrogens is 400 g/mol. The van der Waals surface area contributed by atoms with Gasteiger partial charge in [-0.25, -0.2) is 22.0 Å². The summed E-state index contributed by atoms with van der Waals surface area (Å²) in [6.07, 6.45) is 1.82. The Morgan fingerprint density at radius 2 is 1.50 bits per heavy atom. The van der Waals surface area contributed by atoms with E-state index in [1.54, 1.807) is 0 Å². The van der Waals surface area contributed by atoms with Crippen molar-refractivity contribution in [2.75, 3.05) is 0 Å². The molecule has 0 heterocycles. The number of halogens is 8. The lowest BCUT2D eigenvalue weighted by Gasteiger charge is -2.19. The van der Waals surface area contributed by atoms with Crippen molar-refractivity contribution in [3.05, 3.63) is 53.4 Å². The smallest absolute Gasteiger partial charge is 0.265 e. The number of nitrogens with one attached hydrogen (secondary N) is 1. The highest BCUT2D eigenvalue weighted by molar-refractivity contribution is 6.76. The summed E-state index contributed by atoms with van der Waals surface area (Å²) in [6, 6.07) is 0. The van der Waals surface area contributed by atoms with E-state index in [0.29, 0.717) is 6.08 Å². The molecule has 132 valence electrons. The van der Waals surface area contributed by atoms with E-state index >= 15 is 0 Å². The van der Waals surface area contributed by atoms with Gasteiger partial charge in [0, 0.05) is 6.42 Å². The lowest BCUT2D eigenvalue weighted by atomic mass is 10.1.